The maximum absolute atomic E-state index is 10.9. The molecule has 0 atom stereocenters. The Balaban J connectivity index is 3.55. The Morgan fingerprint density at radius 1 is 0.923 bits per heavy atom. The van der Waals surface area contributed by atoms with Gasteiger partial charge in [-0.15, -0.1) is 0 Å². The average Bonchev–Trinajstić information content (AvgIpc) is 2.05. The molecule has 0 aliphatic heterocycles. The Kier molecular flexibility index (Phi) is 7.10. The van der Waals surface area contributed by atoms with E-state index in [-0.39, 0.29) is 13.2 Å². The summed E-state index contributed by atoms with van der Waals surface area (Å²) in [6.45, 7) is 0.888. The first kappa shape index (κ1) is 12.8. The second kappa shape index (κ2) is 7.22. The van der Waals surface area contributed by atoms with Gasteiger partial charge in [-0.05, 0) is 25.9 Å². The van der Waals surface area contributed by atoms with E-state index in [2.05, 4.69) is 8.37 Å². The summed E-state index contributed by atoms with van der Waals surface area (Å²) in [6, 6.07) is 0. The lowest BCUT2D eigenvalue weighted by molar-refractivity contribution is 0.213. The first-order valence-corrected chi connectivity index (χ1v) is 5.39. The van der Waals surface area contributed by atoms with Crippen molar-refractivity contribution in [3.63, 3.8) is 0 Å². The summed E-state index contributed by atoms with van der Waals surface area (Å²) in [4.78, 5) is 0. The molecule has 0 bridgehead atoms. The van der Waals surface area contributed by atoms with Gasteiger partial charge in [0.15, 0.2) is 0 Å². The first-order valence-electron chi connectivity index (χ1n) is 4.06. The second-order valence-electron chi connectivity index (χ2n) is 2.34. The van der Waals surface area contributed by atoms with E-state index in [4.69, 9.17) is 11.5 Å². The number of hydrogen-bond acceptors (Lipinski definition) is 6. The monoisotopic (exact) mass is 212 g/mol. The summed E-state index contributed by atoms with van der Waals surface area (Å²) in [5.74, 6) is 0. The molecule has 0 amide bonds. The highest BCUT2D eigenvalue weighted by molar-refractivity contribution is 7.81. The Labute approximate surface area is 78.5 Å². The summed E-state index contributed by atoms with van der Waals surface area (Å²) in [6.07, 6.45) is 0.971. The van der Waals surface area contributed by atoms with Crippen molar-refractivity contribution < 1.29 is 16.8 Å². The molecule has 6 nitrogen and oxygen atoms in total. The third kappa shape index (κ3) is 8.13. The zero-order chi connectivity index (χ0) is 10.2. The Morgan fingerprint density at radius 2 is 1.31 bits per heavy atom. The van der Waals surface area contributed by atoms with Gasteiger partial charge < -0.3 is 11.5 Å². The fourth-order valence-corrected chi connectivity index (χ4v) is 1.23. The third-order valence-electron chi connectivity index (χ3n) is 1.15. The molecule has 0 rings (SSSR count). The lowest BCUT2D eigenvalue weighted by Gasteiger charge is -2.04. The van der Waals surface area contributed by atoms with E-state index in [1.807, 2.05) is 0 Å². The number of hydrogen-bond donors (Lipinski definition) is 2. The molecule has 0 heterocycles. The normalized spacial score (nSPS) is 11.8. The topological polar surface area (TPSA) is 105 Å². The molecular weight excluding hydrogens is 196 g/mol. The predicted molar refractivity (Wildman–Crippen MR) is 48.2 cm³/mol. The molecule has 0 spiro atoms. The van der Waals surface area contributed by atoms with E-state index in [0.29, 0.717) is 25.9 Å². The summed E-state index contributed by atoms with van der Waals surface area (Å²) in [5.41, 5.74) is 10.3. The standard InChI is InChI=1S/C6H16N2O4S/c7-3-1-5-11-13(9,10)12-6-2-4-8/h1-8H2. The zero-order valence-corrected chi connectivity index (χ0v) is 8.26. The molecule has 0 aromatic rings. The van der Waals surface area contributed by atoms with Gasteiger partial charge in [-0.2, -0.15) is 8.42 Å². The average molecular weight is 212 g/mol. The SMILES string of the molecule is NCCCOS(=O)(=O)OCCCN. The van der Waals surface area contributed by atoms with Crippen LogP contribution in [0.25, 0.3) is 0 Å². The Bertz CT molecular complexity index is 189. The minimum absolute atomic E-state index is 0.0570. The molecule has 4 N–H and O–H groups in total. The molecule has 0 aliphatic carbocycles. The van der Waals surface area contributed by atoms with Crippen molar-refractivity contribution >= 4 is 10.4 Å². The van der Waals surface area contributed by atoms with Gasteiger partial charge >= 0.3 is 10.4 Å². The molecule has 0 saturated heterocycles. The van der Waals surface area contributed by atoms with Crippen LogP contribution in [0, 0.1) is 0 Å². The Morgan fingerprint density at radius 3 is 1.62 bits per heavy atom. The van der Waals surface area contributed by atoms with E-state index in [9.17, 15) is 8.42 Å². The van der Waals surface area contributed by atoms with Crippen LogP contribution in [-0.2, 0) is 18.8 Å². The van der Waals surface area contributed by atoms with Crippen LogP contribution in [0.4, 0.5) is 0 Å². The molecule has 0 aromatic carbocycles. The van der Waals surface area contributed by atoms with Gasteiger partial charge in [0, 0.05) is 0 Å². The summed E-state index contributed by atoms with van der Waals surface area (Å²) in [5, 5.41) is 0. The van der Waals surface area contributed by atoms with Crippen molar-refractivity contribution in [2.75, 3.05) is 26.3 Å². The molecule has 0 aromatic heterocycles. The van der Waals surface area contributed by atoms with E-state index in [1.54, 1.807) is 0 Å². The minimum atomic E-state index is -3.84. The van der Waals surface area contributed by atoms with Gasteiger partial charge in [0.25, 0.3) is 0 Å². The van der Waals surface area contributed by atoms with Crippen LogP contribution in [-0.4, -0.2) is 34.7 Å². The van der Waals surface area contributed by atoms with Gasteiger partial charge in [-0.1, -0.05) is 0 Å². The van der Waals surface area contributed by atoms with Crippen LogP contribution in [0.2, 0.25) is 0 Å². The Hall–Kier alpha value is -0.210. The highest BCUT2D eigenvalue weighted by Gasteiger charge is 2.10. The van der Waals surface area contributed by atoms with Crippen LogP contribution in [0.5, 0.6) is 0 Å². The molecule has 0 fully saturated rings. The van der Waals surface area contributed by atoms with Crippen LogP contribution in [0.3, 0.4) is 0 Å². The van der Waals surface area contributed by atoms with Crippen molar-refractivity contribution in [3.8, 4) is 0 Å². The van der Waals surface area contributed by atoms with Crippen LogP contribution in [0.15, 0.2) is 0 Å². The van der Waals surface area contributed by atoms with Gasteiger partial charge in [0.05, 0.1) is 13.2 Å². The van der Waals surface area contributed by atoms with Crippen LogP contribution < -0.4 is 11.5 Å². The lowest BCUT2D eigenvalue weighted by Crippen LogP contribution is -2.15. The molecule has 0 aliphatic rings. The first-order chi connectivity index (χ1) is 6.12. The maximum Gasteiger partial charge on any atom is 0.399 e. The lowest BCUT2D eigenvalue weighted by atomic mass is 10.5. The molecule has 0 radical (unpaired) electrons. The van der Waals surface area contributed by atoms with E-state index >= 15 is 0 Å². The fraction of sp³-hybridized carbons (Fsp3) is 1.00. The van der Waals surface area contributed by atoms with E-state index in [1.165, 1.54) is 0 Å². The van der Waals surface area contributed by atoms with Crippen molar-refractivity contribution in [1.29, 1.82) is 0 Å². The van der Waals surface area contributed by atoms with Gasteiger partial charge in [-0.25, -0.2) is 8.37 Å². The smallest absolute Gasteiger partial charge is 0.330 e. The number of rotatable bonds is 8. The fourth-order valence-electron chi connectivity index (χ4n) is 0.523. The van der Waals surface area contributed by atoms with Crippen LogP contribution >= 0.6 is 0 Å². The number of nitrogens with two attached hydrogens (primary N) is 2. The molecule has 13 heavy (non-hydrogen) atoms. The minimum Gasteiger partial charge on any atom is -0.330 e. The largest absolute Gasteiger partial charge is 0.399 e. The van der Waals surface area contributed by atoms with Gasteiger partial charge in [0.1, 0.15) is 0 Å². The third-order valence-corrected chi connectivity index (χ3v) is 2.06. The van der Waals surface area contributed by atoms with E-state index in [0.717, 1.165) is 0 Å². The quantitative estimate of drug-likeness (QED) is 0.498. The molecule has 80 valence electrons. The molecule has 0 saturated carbocycles. The highest BCUT2D eigenvalue weighted by atomic mass is 32.3. The van der Waals surface area contributed by atoms with Crippen molar-refractivity contribution in [3.05, 3.63) is 0 Å². The van der Waals surface area contributed by atoms with Gasteiger partial charge in [0.2, 0.25) is 0 Å². The molecule has 7 heteroatoms. The van der Waals surface area contributed by atoms with Crippen molar-refractivity contribution in [1.82, 2.24) is 0 Å². The predicted octanol–water partition coefficient (Wildman–Crippen LogP) is -1.04. The van der Waals surface area contributed by atoms with Crippen molar-refractivity contribution in [2.24, 2.45) is 11.5 Å². The summed E-state index contributed by atoms with van der Waals surface area (Å²) >= 11 is 0. The zero-order valence-electron chi connectivity index (χ0n) is 7.44. The van der Waals surface area contributed by atoms with E-state index < -0.39 is 10.4 Å². The summed E-state index contributed by atoms with van der Waals surface area (Å²) < 4.78 is 30.6. The molecular formula is C6H16N2O4S. The summed E-state index contributed by atoms with van der Waals surface area (Å²) in [7, 11) is -3.84. The van der Waals surface area contributed by atoms with Gasteiger partial charge in [-0.3, -0.25) is 0 Å². The highest BCUT2D eigenvalue weighted by Crippen LogP contribution is 1.97. The molecule has 0 unspecified atom stereocenters. The van der Waals surface area contributed by atoms with Crippen molar-refractivity contribution in [2.45, 2.75) is 12.8 Å². The maximum atomic E-state index is 10.9. The van der Waals surface area contributed by atoms with Crippen LogP contribution in [0.1, 0.15) is 12.8 Å². The second-order valence-corrected chi connectivity index (χ2v) is 3.62.